The van der Waals surface area contributed by atoms with Crippen molar-refractivity contribution in [2.24, 2.45) is 7.05 Å². The lowest BCUT2D eigenvalue weighted by atomic mass is 10.0. The number of rotatable bonds is 6. The van der Waals surface area contributed by atoms with Crippen LogP contribution < -0.4 is 5.32 Å². The Bertz CT molecular complexity index is 1060. The minimum Gasteiger partial charge on any atom is -0.383 e. The SMILES string of the molecule is COCCNC(=O)c1sc2ncccc2c1[C@H]1CN(C(=O)c2cnn(C)c2)CCO1. The molecule has 3 aromatic rings. The Morgan fingerprint density at radius 2 is 2.30 bits per heavy atom. The largest absolute Gasteiger partial charge is 0.383 e. The van der Waals surface area contributed by atoms with Gasteiger partial charge in [-0.15, -0.1) is 11.3 Å². The maximum Gasteiger partial charge on any atom is 0.261 e. The molecule has 2 amide bonds. The molecule has 1 saturated heterocycles. The van der Waals surface area contributed by atoms with E-state index in [2.05, 4.69) is 15.4 Å². The van der Waals surface area contributed by atoms with Crippen molar-refractivity contribution in [1.82, 2.24) is 25.0 Å². The molecule has 158 valence electrons. The third kappa shape index (κ3) is 4.07. The number of nitrogens with one attached hydrogen (secondary N) is 1. The highest BCUT2D eigenvalue weighted by Crippen LogP contribution is 2.37. The molecule has 0 saturated carbocycles. The zero-order valence-electron chi connectivity index (χ0n) is 16.8. The van der Waals surface area contributed by atoms with Gasteiger partial charge in [0.25, 0.3) is 11.8 Å². The van der Waals surface area contributed by atoms with E-state index in [1.165, 1.54) is 11.3 Å². The molecule has 0 unspecified atom stereocenters. The number of fused-ring (bicyclic) bond motifs is 1. The number of ether oxygens (including phenoxy) is 2. The molecule has 9 nitrogen and oxygen atoms in total. The van der Waals surface area contributed by atoms with Crippen molar-refractivity contribution in [2.75, 3.05) is 40.0 Å². The van der Waals surface area contributed by atoms with Gasteiger partial charge in [-0.1, -0.05) is 6.07 Å². The third-order valence-electron chi connectivity index (χ3n) is 4.93. The highest BCUT2D eigenvalue weighted by molar-refractivity contribution is 7.20. The second-order valence-electron chi connectivity index (χ2n) is 6.96. The van der Waals surface area contributed by atoms with E-state index in [0.29, 0.717) is 43.3 Å². The molecule has 1 fully saturated rings. The molecule has 0 spiro atoms. The molecule has 0 radical (unpaired) electrons. The van der Waals surface area contributed by atoms with E-state index in [1.807, 2.05) is 12.1 Å². The Kier molecular flexibility index (Phi) is 6.07. The lowest BCUT2D eigenvalue weighted by Crippen LogP contribution is -2.42. The number of aromatic nitrogens is 3. The number of pyridine rings is 1. The molecule has 4 heterocycles. The van der Waals surface area contributed by atoms with Gasteiger partial charge in [-0.25, -0.2) is 4.98 Å². The summed E-state index contributed by atoms with van der Waals surface area (Å²) in [7, 11) is 3.36. The zero-order chi connectivity index (χ0) is 21.1. The van der Waals surface area contributed by atoms with E-state index in [1.54, 1.807) is 42.3 Å². The van der Waals surface area contributed by atoms with Gasteiger partial charge in [0.1, 0.15) is 15.8 Å². The van der Waals surface area contributed by atoms with E-state index in [-0.39, 0.29) is 11.8 Å². The lowest BCUT2D eigenvalue weighted by molar-refractivity contribution is -0.0222. The Morgan fingerprint density at radius 1 is 1.43 bits per heavy atom. The second kappa shape index (κ2) is 8.90. The summed E-state index contributed by atoms with van der Waals surface area (Å²) in [6.45, 7) is 2.07. The van der Waals surface area contributed by atoms with Crippen molar-refractivity contribution in [3.05, 3.63) is 46.7 Å². The number of thiophene rings is 1. The molecule has 0 aliphatic carbocycles. The van der Waals surface area contributed by atoms with Crippen LogP contribution in [0, 0.1) is 0 Å². The molecule has 10 heteroatoms. The van der Waals surface area contributed by atoms with Gasteiger partial charge in [0.15, 0.2) is 0 Å². The minimum absolute atomic E-state index is 0.0971. The van der Waals surface area contributed by atoms with E-state index in [0.717, 1.165) is 15.8 Å². The van der Waals surface area contributed by atoms with Gasteiger partial charge in [-0.3, -0.25) is 14.3 Å². The Morgan fingerprint density at radius 3 is 3.07 bits per heavy atom. The number of carbonyl (C=O) groups excluding carboxylic acids is 2. The molecule has 1 atom stereocenters. The quantitative estimate of drug-likeness (QED) is 0.598. The highest BCUT2D eigenvalue weighted by Gasteiger charge is 2.32. The summed E-state index contributed by atoms with van der Waals surface area (Å²) in [6, 6.07) is 3.78. The molecule has 4 rings (SSSR count). The number of amides is 2. The standard InChI is InChI=1S/C20H23N5O4S/c1-24-11-13(10-23-24)20(27)25-7-9-29-15(12-25)16-14-4-3-5-22-19(14)30-17(16)18(26)21-6-8-28-2/h3-5,10-11,15H,6-9,12H2,1-2H3,(H,21,26)/t15-/m1/s1. The molecule has 0 bridgehead atoms. The number of hydrogen-bond acceptors (Lipinski definition) is 7. The van der Waals surface area contributed by atoms with Crippen molar-refractivity contribution in [1.29, 1.82) is 0 Å². The minimum atomic E-state index is -0.416. The number of aryl methyl sites for hydroxylation is 1. The first-order chi connectivity index (χ1) is 14.6. The summed E-state index contributed by atoms with van der Waals surface area (Å²) < 4.78 is 12.6. The molecular formula is C20H23N5O4S. The summed E-state index contributed by atoms with van der Waals surface area (Å²) in [6.07, 6.45) is 4.55. The number of morpholine rings is 1. The number of hydrogen-bond donors (Lipinski definition) is 1. The van der Waals surface area contributed by atoms with Crippen LogP contribution in [-0.2, 0) is 16.5 Å². The summed E-state index contributed by atoms with van der Waals surface area (Å²) in [4.78, 5) is 33.2. The average Bonchev–Trinajstić information content (AvgIpc) is 3.37. The summed E-state index contributed by atoms with van der Waals surface area (Å²) in [5.74, 6) is -0.287. The van der Waals surface area contributed by atoms with E-state index >= 15 is 0 Å². The smallest absolute Gasteiger partial charge is 0.261 e. The van der Waals surface area contributed by atoms with Crippen LogP contribution in [0.3, 0.4) is 0 Å². The van der Waals surface area contributed by atoms with Gasteiger partial charge >= 0.3 is 0 Å². The van der Waals surface area contributed by atoms with Crippen molar-refractivity contribution < 1.29 is 19.1 Å². The first kappa shape index (κ1) is 20.5. The Labute approximate surface area is 177 Å². The van der Waals surface area contributed by atoms with E-state index in [9.17, 15) is 9.59 Å². The van der Waals surface area contributed by atoms with Gasteiger partial charge in [-0.05, 0) is 6.07 Å². The van der Waals surface area contributed by atoms with Gasteiger partial charge in [0.05, 0.1) is 31.5 Å². The van der Waals surface area contributed by atoms with Crippen LogP contribution in [-0.4, -0.2) is 71.4 Å². The maximum absolute atomic E-state index is 12.9. The Hall–Kier alpha value is -2.82. The van der Waals surface area contributed by atoms with Gasteiger partial charge in [0, 0.05) is 50.6 Å². The number of methoxy groups -OCH3 is 1. The van der Waals surface area contributed by atoms with Crippen molar-refractivity contribution in [2.45, 2.75) is 6.10 Å². The highest BCUT2D eigenvalue weighted by atomic mass is 32.1. The van der Waals surface area contributed by atoms with Crippen molar-refractivity contribution >= 4 is 33.4 Å². The normalized spacial score (nSPS) is 16.7. The average molecular weight is 430 g/mol. The van der Waals surface area contributed by atoms with Crippen molar-refractivity contribution in [3.8, 4) is 0 Å². The zero-order valence-corrected chi connectivity index (χ0v) is 17.6. The summed E-state index contributed by atoms with van der Waals surface area (Å²) >= 11 is 1.33. The van der Waals surface area contributed by atoms with Gasteiger partial charge in [0.2, 0.25) is 0 Å². The van der Waals surface area contributed by atoms with Crippen LogP contribution in [0.4, 0.5) is 0 Å². The number of carbonyl (C=O) groups is 2. The predicted molar refractivity (Wildman–Crippen MR) is 112 cm³/mol. The fraction of sp³-hybridized carbons (Fsp3) is 0.400. The first-order valence-corrected chi connectivity index (χ1v) is 10.4. The molecule has 1 aliphatic heterocycles. The van der Waals surface area contributed by atoms with Gasteiger partial charge in [-0.2, -0.15) is 5.10 Å². The van der Waals surface area contributed by atoms with Gasteiger partial charge < -0.3 is 19.7 Å². The molecule has 3 aromatic heterocycles. The topological polar surface area (TPSA) is 98.6 Å². The molecule has 0 aromatic carbocycles. The van der Waals surface area contributed by atoms with Crippen LogP contribution in [0.1, 0.15) is 31.7 Å². The second-order valence-corrected chi connectivity index (χ2v) is 7.96. The predicted octanol–water partition coefficient (Wildman–Crippen LogP) is 1.62. The fourth-order valence-electron chi connectivity index (χ4n) is 3.51. The fourth-order valence-corrected chi connectivity index (χ4v) is 4.62. The van der Waals surface area contributed by atoms with Crippen LogP contribution in [0.2, 0.25) is 0 Å². The summed E-state index contributed by atoms with van der Waals surface area (Å²) in [5, 5.41) is 7.83. The molecule has 1 N–H and O–H groups in total. The Balaban J connectivity index is 1.63. The molecular weight excluding hydrogens is 406 g/mol. The number of nitrogens with zero attached hydrogens (tertiary/aromatic N) is 4. The molecule has 1 aliphatic rings. The lowest BCUT2D eigenvalue weighted by Gasteiger charge is -2.33. The maximum atomic E-state index is 12.9. The summed E-state index contributed by atoms with van der Waals surface area (Å²) in [5.41, 5.74) is 1.31. The van der Waals surface area contributed by atoms with E-state index in [4.69, 9.17) is 9.47 Å². The van der Waals surface area contributed by atoms with Crippen molar-refractivity contribution in [3.63, 3.8) is 0 Å². The van der Waals surface area contributed by atoms with Crippen LogP contribution in [0.5, 0.6) is 0 Å². The monoisotopic (exact) mass is 429 g/mol. The first-order valence-electron chi connectivity index (χ1n) is 9.62. The van der Waals surface area contributed by atoms with Crippen LogP contribution in [0.15, 0.2) is 30.7 Å². The van der Waals surface area contributed by atoms with E-state index < -0.39 is 6.10 Å². The molecule has 30 heavy (non-hydrogen) atoms. The van der Waals surface area contributed by atoms with Crippen LogP contribution in [0.25, 0.3) is 10.2 Å². The van der Waals surface area contributed by atoms with Crippen LogP contribution >= 0.6 is 11.3 Å². The third-order valence-corrected chi connectivity index (χ3v) is 6.06.